The standard InChI is InChI=1S/C49H90N8O10S/c1-18-23-24-34(10)42(59)41(56(17)40(58)27-32(6)7)45(62)51-36(19-2)46(63)54(15)39(30-68-26-25-57(20-3)21-4)47(64)53(14)38(29-49(12,13)67-31-66-22-5)44(61)52-48(65)55(16)37(43(50)60)28-35(11)33(8)9/h18,23,32-34,36-39,41-42,59H,11,19-22,24-31H2,1-10,12-17H3,(H2,50,60)(H,51,62)(H,52,61,65)/b23-18+/t34-,36+,37-,38+,39-,41+,42-/m1/s1. The quantitative estimate of drug-likeness (QED) is 0.0412. The SMILES string of the molecule is C=C(C[C@H](C(N)=O)N(C)C(=O)NC(=O)[C@H](CC(C)(C)OCOCC)N(C)C(=O)[C@@H](CSCCN(CC)CC)N(C)C(=O)[C@H](CC)NC(=O)[C@H]([C@H](O)[C@H](C)C/C=C/C)N(C)C(=O)CC(C)C)C(C)C. The molecule has 0 saturated heterocycles. The number of aliphatic hydroxyl groups excluding tert-OH is 1. The fourth-order valence-corrected chi connectivity index (χ4v) is 8.36. The van der Waals surface area contributed by atoms with Crippen molar-refractivity contribution in [2.24, 2.45) is 23.5 Å². The molecule has 0 aliphatic heterocycles. The van der Waals surface area contributed by atoms with Crippen molar-refractivity contribution in [3.8, 4) is 0 Å². The molecule has 0 aliphatic rings. The molecule has 0 heterocycles. The van der Waals surface area contributed by atoms with E-state index in [4.69, 9.17) is 15.2 Å². The first-order valence-corrected chi connectivity index (χ1v) is 25.3. The zero-order chi connectivity index (χ0) is 52.6. The van der Waals surface area contributed by atoms with E-state index < -0.39 is 83.4 Å². The molecule has 0 fully saturated rings. The number of rotatable bonds is 33. The maximum Gasteiger partial charge on any atom is 0.324 e. The van der Waals surface area contributed by atoms with Crippen molar-refractivity contribution >= 4 is 53.2 Å². The molecule has 0 rings (SSSR count). The maximum atomic E-state index is 15.0. The van der Waals surface area contributed by atoms with Crippen molar-refractivity contribution in [1.82, 2.24) is 35.1 Å². The van der Waals surface area contributed by atoms with Crippen LogP contribution in [-0.2, 0) is 38.2 Å². The molecule has 0 spiro atoms. The van der Waals surface area contributed by atoms with Crippen LogP contribution >= 0.6 is 11.8 Å². The van der Waals surface area contributed by atoms with Crippen molar-refractivity contribution in [3.63, 3.8) is 0 Å². The van der Waals surface area contributed by atoms with Gasteiger partial charge in [0.25, 0.3) is 5.91 Å². The molecule has 392 valence electrons. The highest BCUT2D eigenvalue weighted by Gasteiger charge is 2.42. The number of allylic oxidation sites excluding steroid dienone is 2. The molecule has 8 amide bonds. The van der Waals surface area contributed by atoms with E-state index in [9.17, 15) is 38.7 Å². The van der Waals surface area contributed by atoms with Gasteiger partial charge in [0.1, 0.15) is 37.0 Å². The molecule has 0 aliphatic carbocycles. The third-order valence-corrected chi connectivity index (χ3v) is 13.3. The van der Waals surface area contributed by atoms with Crippen LogP contribution in [0, 0.1) is 17.8 Å². The second-order valence-electron chi connectivity index (χ2n) is 18.9. The summed E-state index contributed by atoms with van der Waals surface area (Å²) in [5.41, 5.74) is 5.30. The van der Waals surface area contributed by atoms with E-state index in [0.717, 1.165) is 18.0 Å². The summed E-state index contributed by atoms with van der Waals surface area (Å²) in [5.74, 6) is -3.70. The Balaban J connectivity index is 7.26. The Labute approximate surface area is 412 Å². The number of carbonyl (C=O) groups excluding carboxylic acids is 7. The predicted octanol–water partition coefficient (Wildman–Crippen LogP) is 4.25. The van der Waals surface area contributed by atoms with Gasteiger partial charge in [-0.3, -0.25) is 34.1 Å². The average molecular weight is 983 g/mol. The van der Waals surface area contributed by atoms with Gasteiger partial charge in [-0.2, -0.15) is 11.8 Å². The first kappa shape index (κ1) is 64.0. The van der Waals surface area contributed by atoms with E-state index >= 15 is 0 Å². The van der Waals surface area contributed by atoms with Crippen LogP contribution in [0.1, 0.15) is 115 Å². The topological polar surface area (TPSA) is 224 Å². The fraction of sp³-hybridized carbons (Fsp3) is 0.776. The Hall–Kier alpha value is -4.04. The Morgan fingerprint density at radius 3 is 1.91 bits per heavy atom. The summed E-state index contributed by atoms with van der Waals surface area (Å²) in [6, 6.07) is -7.08. The van der Waals surface area contributed by atoms with Crippen LogP contribution in [0.3, 0.4) is 0 Å². The van der Waals surface area contributed by atoms with Gasteiger partial charge in [-0.15, -0.1) is 0 Å². The van der Waals surface area contributed by atoms with Crippen LogP contribution < -0.4 is 16.4 Å². The van der Waals surface area contributed by atoms with Crippen LogP contribution in [0.25, 0.3) is 0 Å². The molecule has 7 atom stereocenters. The van der Waals surface area contributed by atoms with Gasteiger partial charge in [0, 0.05) is 65.7 Å². The number of imide groups is 1. The molecule has 0 radical (unpaired) electrons. The highest BCUT2D eigenvalue weighted by atomic mass is 32.2. The molecule has 19 heteroatoms. The van der Waals surface area contributed by atoms with Crippen molar-refractivity contribution in [2.45, 2.75) is 157 Å². The number of amides is 8. The van der Waals surface area contributed by atoms with Gasteiger partial charge in [0.2, 0.25) is 29.5 Å². The summed E-state index contributed by atoms with van der Waals surface area (Å²) in [5, 5.41) is 16.7. The number of hydrogen-bond donors (Lipinski definition) is 4. The zero-order valence-corrected chi connectivity index (χ0v) is 45.2. The van der Waals surface area contributed by atoms with E-state index in [0.29, 0.717) is 30.9 Å². The van der Waals surface area contributed by atoms with Crippen molar-refractivity contribution in [2.75, 3.05) is 72.7 Å². The average Bonchev–Trinajstić information content (AvgIpc) is 3.27. The monoisotopic (exact) mass is 983 g/mol. The number of hydrogen-bond acceptors (Lipinski definition) is 12. The zero-order valence-electron chi connectivity index (χ0n) is 44.4. The normalized spacial score (nSPS) is 15.0. The minimum atomic E-state index is -1.35. The Morgan fingerprint density at radius 2 is 1.41 bits per heavy atom. The molecular formula is C49H90N8O10S. The van der Waals surface area contributed by atoms with Gasteiger partial charge < -0.3 is 50.1 Å². The molecule has 0 bridgehead atoms. The smallest absolute Gasteiger partial charge is 0.324 e. The number of nitrogens with two attached hydrogens (primary N) is 1. The molecular weight excluding hydrogens is 893 g/mol. The van der Waals surface area contributed by atoms with Gasteiger partial charge >= 0.3 is 6.03 Å². The van der Waals surface area contributed by atoms with Gasteiger partial charge in [-0.05, 0) is 77.8 Å². The third-order valence-electron chi connectivity index (χ3n) is 12.3. The summed E-state index contributed by atoms with van der Waals surface area (Å²) in [6.07, 6.45) is 3.06. The Bertz CT molecular complexity index is 1660. The number of aliphatic hydroxyl groups is 1. The summed E-state index contributed by atoms with van der Waals surface area (Å²) < 4.78 is 11.4. The maximum absolute atomic E-state index is 15.0. The summed E-state index contributed by atoms with van der Waals surface area (Å²) in [4.78, 5) is 105. The lowest BCUT2D eigenvalue weighted by molar-refractivity contribution is -0.154. The summed E-state index contributed by atoms with van der Waals surface area (Å²) in [6.45, 7) is 28.8. The van der Waals surface area contributed by atoms with Crippen molar-refractivity contribution in [3.05, 3.63) is 24.3 Å². The van der Waals surface area contributed by atoms with Crippen LogP contribution in [-0.4, -0.2) is 186 Å². The second-order valence-corrected chi connectivity index (χ2v) is 20.0. The van der Waals surface area contributed by atoms with Gasteiger partial charge in [0.15, 0.2) is 0 Å². The van der Waals surface area contributed by atoms with Crippen LogP contribution in [0.4, 0.5) is 4.79 Å². The van der Waals surface area contributed by atoms with Gasteiger partial charge in [0.05, 0.1) is 11.7 Å². The highest BCUT2D eigenvalue weighted by Crippen LogP contribution is 2.24. The number of thioether (sulfide) groups is 1. The van der Waals surface area contributed by atoms with E-state index in [2.05, 4.69) is 36.0 Å². The summed E-state index contributed by atoms with van der Waals surface area (Å²) in [7, 11) is 5.68. The Kier molecular flexibility index (Phi) is 30.1. The molecule has 18 nitrogen and oxygen atoms in total. The number of primary amides is 1. The first-order valence-electron chi connectivity index (χ1n) is 24.1. The number of nitrogens with one attached hydrogen (secondary N) is 2. The van der Waals surface area contributed by atoms with E-state index in [1.165, 1.54) is 54.7 Å². The van der Waals surface area contributed by atoms with Crippen molar-refractivity contribution in [1.29, 1.82) is 0 Å². The second kappa shape index (κ2) is 32.0. The minimum absolute atomic E-state index is 0.00567. The Morgan fingerprint density at radius 1 is 0.824 bits per heavy atom. The largest absolute Gasteiger partial charge is 0.390 e. The molecule has 0 aromatic heterocycles. The predicted molar refractivity (Wildman–Crippen MR) is 270 cm³/mol. The van der Waals surface area contributed by atoms with Gasteiger partial charge in [-0.25, -0.2) is 4.79 Å². The lowest BCUT2D eigenvalue weighted by Gasteiger charge is -2.38. The molecule has 0 unspecified atom stereocenters. The van der Waals surface area contributed by atoms with Crippen LogP contribution in [0.5, 0.6) is 0 Å². The number of urea groups is 1. The number of nitrogens with zero attached hydrogens (tertiary/aromatic N) is 5. The molecule has 0 aromatic carbocycles. The summed E-state index contributed by atoms with van der Waals surface area (Å²) >= 11 is 1.44. The lowest BCUT2D eigenvalue weighted by Crippen LogP contribution is -2.62. The third kappa shape index (κ3) is 21.3. The highest BCUT2D eigenvalue weighted by molar-refractivity contribution is 7.99. The van der Waals surface area contributed by atoms with E-state index in [1.54, 1.807) is 34.6 Å². The van der Waals surface area contributed by atoms with Crippen LogP contribution in [0.2, 0.25) is 0 Å². The minimum Gasteiger partial charge on any atom is -0.390 e. The van der Waals surface area contributed by atoms with Crippen molar-refractivity contribution < 1.29 is 48.1 Å². The molecule has 0 saturated carbocycles. The lowest BCUT2D eigenvalue weighted by atomic mass is 9.92. The number of carbonyl (C=O) groups is 7. The van der Waals surface area contributed by atoms with Gasteiger partial charge in [-0.1, -0.05) is 79.7 Å². The molecule has 68 heavy (non-hydrogen) atoms. The number of ether oxygens (including phenoxy) is 2. The molecule has 5 N–H and O–H groups in total. The van der Waals surface area contributed by atoms with Crippen LogP contribution in [0.15, 0.2) is 24.3 Å². The molecule has 0 aromatic rings. The first-order chi connectivity index (χ1) is 31.7. The number of likely N-dealkylation sites (N-methyl/N-ethyl adjacent to an activating group) is 4. The fourth-order valence-electron chi connectivity index (χ4n) is 7.22. The van der Waals surface area contributed by atoms with E-state index in [1.807, 2.05) is 46.8 Å². The van der Waals surface area contributed by atoms with E-state index in [-0.39, 0.29) is 56.0 Å².